The van der Waals surface area contributed by atoms with Gasteiger partial charge in [-0.25, -0.2) is 0 Å². The van der Waals surface area contributed by atoms with E-state index in [-0.39, 0.29) is 36.2 Å². The second-order valence-electron chi connectivity index (χ2n) is 7.97. The van der Waals surface area contributed by atoms with Crippen LogP contribution in [0.15, 0.2) is 24.3 Å². The van der Waals surface area contributed by atoms with Gasteiger partial charge in [0.2, 0.25) is 17.7 Å². The van der Waals surface area contributed by atoms with Crippen molar-refractivity contribution in [3.8, 4) is 0 Å². The van der Waals surface area contributed by atoms with Gasteiger partial charge in [0.1, 0.15) is 6.04 Å². The van der Waals surface area contributed by atoms with Gasteiger partial charge in [0.25, 0.3) is 0 Å². The molecule has 1 heterocycles. The second kappa shape index (κ2) is 8.34. The largest absolute Gasteiger partial charge is 0.350 e. The summed E-state index contributed by atoms with van der Waals surface area (Å²) >= 11 is 0. The maximum Gasteiger partial charge on any atom is 0.243 e. The molecule has 1 unspecified atom stereocenters. The Bertz CT molecular complexity index is 662. The van der Waals surface area contributed by atoms with Gasteiger partial charge in [0, 0.05) is 13.0 Å². The predicted molar refractivity (Wildman–Crippen MR) is 100.0 cm³/mol. The van der Waals surface area contributed by atoms with E-state index in [4.69, 9.17) is 0 Å². The molecule has 6 nitrogen and oxygen atoms in total. The van der Waals surface area contributed by atoms with Crippen molar-refractivity contribution in [2.45, 2.75) is 59.5 Å². The second-order valence-corrected chi connectivity index (χ2v) is 7.97. The highest BCUT2D eigenvalue weighted by molar-refractivity contribution is 5.93. The number of benzene rings is 1. The standard InChI is InChI=1S/C20H29N3O3/c1-5-14-6-8-15(9-7-14)12-21-19(26)16-10-17(24)22-13-23(16)18(25)11-20(2,3)4/h6-9,16H,5,10-13H2,1-4H3,(H,21,26)(H,22,24). The fourth-order valence-corrected chi connectivity index (χ4v) is 2.89. The molecule has 1 aliphatic heterocycles. The first kappa shape index (κ1) is 19.9. The lowest BCUT2D eigenvalue weighted by atomic mass is 9.91. The first-order chi connectivity index (χ1) is 12.2. The summed E-state index contributed by atoms with van der Waals surface area (Å²) in [4.78, 5) is 38.4. The number of hydrogen-bond donors (Lipinski definition) is 2. The molecular formula is C20H29N3O3. The molecule has 142 valence electrons. The van der Waals surface area contributed by atoms with Crippen molar-refractivity contribution < 1.29 is 14.4 Å². The number of nitrogens with one attached hydrogen (secondary N) is 2. The van der Waals surface area contributed by atoms with Crippen LogP contribution in [0.4, 0.5) is 0 Å². The first-order valence-corrected chi connectivity index (χ1v) is 9.11. The Hall–Kier alpha value is -2.37. The topological polar surface area (TPSA) is 78.5 Å². The smallest absolute Gasteiger partial charge is 0.243 e. The Morgan fingerprint density at radius 1 is 1.19 bits per heavy atom. The van der Waals surface area contributed by atoms with Crippen molar-refractivity contribution in [2.24, 2.45) is 5.41 Å². The molecule has 1 fully saturated rings. The van der Waals surface area contributed by atoms with Gasteiger partial charge in [0.05, 0.1) is 13.1 Å². The quantitative estimate of drug-likeness (QED) is 0.844. The lowest BCUT2D eigenvalue weighted by Crippen LogP contribution is -2.59. The minimum absolute atomic E-state index is 0.00348. The summed E-state index contributed by atoms with van der Waals surface area (Å²) in [6, 6.07) is 7.28. The Kier molecular flexibility index (Phi) is 6.40. The number of hydrogen-bond acceptors (Lipinski definition) is 3. The molecule has 26 heavy (non-hydrogen) atoms. The van der Waals surface area contributed by atoms with Gasteiger partial charge in [-0.2, -0.15) is 0 Å². The van der Waals surface area contributed by atoms with E-state index >= 15 is 0 Å². The van der Waals surface area contributed by atoms with Crippen molar-refractivity contribution >= 4 is 17.7 Å². The number of amides is 3. The summed E-state index contributed by atoms with van der Waals surface area (Å²) in [5.74, 6) is -0.621. The van der Waals surface area contributed by atoms with Crippen LogP contribution >= 0.6 is 0 Å². The van der Waals surface area contributed by atoms with E-state index in [1.165, 1.54) is 10.5 Å². The Balaban J connectivity index is 2.02. The molecule has 1 aromatic carbocycles. The molecule has 6 heteroatoms. The Labute approximate surface area is 155 Å². The zero-order valence-electron chi connectivity index (χ0n) is 16.1. The van der Waals surface area contributed by atoms with Crippen LogP contribution in [-0.4, -0.2) is 35.3 Å². The lowest BCUT2D eigenvalue weighted by molar-refractivity contribution is -0.148. The molecule has 3 amide bonds. The molecule has 2 N–H and O–H groups in total. The summed E-state index contributed by atoms with van der Waals surface area (Å²) in [5.41, 5.74) is 2.05. The molecule has 0 saturated carbocycles. The molecule has 1 aromatic rings. The summed E-state index contributed by atoms with van der Waals surface area (Å²) in [6.45, 7) is 8.47. The average Bonchev–Trinajstić information content (AvgIpc) is 2.58. The first-order valence-electron chi connectivity index (χ1n) is 9.11. The molecule has 2 rings (SSSR count). The van der Waals surface area contributed by atoms with Crippen LogP contribution in [0.3, 0.4) is 0 Å². The lowest BCUT2D eigenvalue weighted by Gasteiger charge is -2.36. The van der Waals surface area contributed by atoms with E-state index in [9.17, 15) is 14.4 Å². The van der Waals surface area contributed by atoms with Gasteiger partial charge in [-0.3, -0.25) is 14.4 Å². The molecule has 0 spiro atoms. The molecule has 0 radical (unpaired) electrons. The highest BCUT2D eigenvalue weighted by Gasteiger charge is 2.36. The van der Waals surface area contributed by atoms with E-state index in [0.717, 1.165) is 12.0 Å². The Morgan fingerprint density at radius 3 is 2.38 bits per heavy atom. The predicted octanol–water partition coefficient (Wildman–Crippen LogP) is 1.98. The van der Waals surface area contributed by atoms with E-state index in [2.05, 4.69) is 17.6 Å². The normalized spacial score (nSPS) is 17.6. The van der Waals surface area contributed by atoms with Gasteiger partial charge in [-0.15, -0.1) is 0 Å². The van der Waals surface area contributed by atoms with Crippen LogP contribution in [0.25, 0.3) is 0 Å². The number of carbonyl (C=O) groups is 3. The summed E-state index contributed by atoms with van der Waals surface area (Å²) < 4.78 is 0. The van der Waals surface area contributed by atoms with Crippen LogP contribution in [-0.2, 0) is 27.3 Å². The van der Waals surface area contributed by atoms with Crippen molar-refractivity contribution in [3.05, 3.63) is 35.4 Å². The van der Waals surface area contributed by atoms with Crippen molar-refractivity contribution in [2.75, 3.05) is 6.67 Å². The third kappa shape index (κ3) is 5.58. The number of carbonyl (C=O) groups excluding carboxylic acids is 3. The van der Waals surface area contributed by atoms with Gasteiger partial charge < -0.3 is 15.5 Å². The van der Waals surface area contributed by atoms with Gasteiger partial charge in [0.15, 0.2) is 0 Å². The number of rotatable bonds is 5. The third-order valence-corrected chi connectivity index (χ3v) is 4.40. The van der Waals surface area contributed by atoms with Gasteiger partial charge in [-0.05, 0) is 23.0 Å². The van der Waals surface area contributed by atoms with Crippen LogP contribution in [0, 0.1) is 5.41 Å². The molecule has 1 atom stereocenters. The molecule has 0 bridgehead atoms. The molecule has 0 aliphatic carbocycles. The summed E-state index contributed by atoms with van der Waals surface area (Å²) in [6.07, 6.45) is 1.29. The fourth-order valence-electron chi connectivity index (χ4n) is 2.89. The molecular weight excluding hydrogens is 330 g/mol. The molecule has 0 aromatic heterocycles. The monoisotopic (exact) mass is 359 g/mol. The SMILES string of the molecule is CCc1ccc(CNC(=O)C2CC(=O)NCN2C(=O)CC(C)(C)C)cc1. The van der Waals surface area contributed by atoms with Crippen LogP contribution in [0.5, 0.6) is 0 Å². The fraction of sp³-hybridized carbons (Fsp3) is 0.550. The van der Waals surface area contributed by atoms with E-state index in [1.807, 2.05) is 45.0 Å². The van der Waals surface area contributed by atoms with Gasteiger partial charge >= 0.3 is 0 Å². The molecule has 1 saturated heterocycles. The maximum atomic E-state index is 12.6. The third-order valence-electron chi connectivity index (χ3n) is 4.40. The minimum Gasteiger partial charge on any atom is -0.350 e. The number of nitrogens with zero attached hydrogens (tertiary/aromatic N) is 1. The van der Waals surface area contributed by atoms with Crippen LogP contribution in [0.1, 0.15) is 51.7 Å². The number of aryl methyl sites for hydroxylation is 1. The maximum absolute atomic E-state index is 12.6. The van der Waals surface area contributed by atoms with Crippen molar-refractivity contribution in [3.63, 3.8) is 0 Å². The van der Waals surface area contributed by atoms with Gasteiger partial charge in [-0.1, -0.05) is 52.0 Å². The molecule has 1 aliphatic rings. The van der Waals surface area contributed by atoms with E-state index in [1.54, 1.807) is 0 Å². The minimum atomic E-state index is -0.756. The zero-order chi connectivity index (χ0) is 19.3. The van der Waals surface area contributed by atoms with Crippen molar-refractivity contribution in [1.29, 1.82) is 0 Å². The summed E-state index contributed by atoms with van der Waals surface area (Å²) in [5, 5.41) is 5.52. The summed E-state index contributed by atoms with van der Waals surface area (Å²) in [7, 11) is 0. The van der Waals surface area contributed by atoms with Crippen molar-refractivity contribution in [1.82, 2.24) is 15.5 Å². The highest BCUT2D eigenvalue weighted by atomic mass is 16.2. The highest BCUT2D eigenvalue weighted by Crippen LogP contribution is 2.22. The van der Waals surface area contributed by atoms with Crippen LogP contribution in [0.2, 0.25) is 0 Å². The average molecular weight is 359 g/mol. The Morgan fingerprint density at radius 2 is 1.81 bits per heavy atom. The zero-order valence-corrected chi connectivity index (χ0v) is 16.1. The van der Waals surface area contributed by atoms with E-state index in [0.29, 0.717) is 13.0 Å². The van der Waals surface area contributed by atoms with Crippen LogP contribution < -0.4 is 10.6 Å². The van der Waals surface area contributed by atoms with E-state index < -0.39 is 6.04 Å².